The number of alkyl halides is 4. The molecule has 0 amide bonds. The molecule has 0 bridgehead atoms. The van der Waals surface area contributed by atoms with Gasteiger partial charge in [-0.2, -0.15) is 13.2 Å². The molecule has 0 radical (unpaired) electrons. The summed E-state index contributed by atoms with van der Waals surface area (Å²) in [6.45, 7) is -0.125. The zero-order valence-electron chi connectivity index (χ0n) is 22.3. The number of nitrogens with zero attached hydrogens (tertiary/aromatic N) is 3. The van der Waals surface area contributed by atoms with Crippen molar-refractivity contribution in [3.05, 3.63) is 48.2 Å². The molecule has 4 rings (SSSR count). The lowest BCUT2D eigenvalue weighted by Gasteiger charge is -2.29. The molecule has 0 spiro atoms. The van der Waals surface area contributed by atoms with Gasteiger partial charge in [0.25, 0.3) is 0 Å². The Morgan fingerprint density at radius 1 is 1.23 bits per heavy atom. The molecule has 1 fully saturated rings. The van der Waals surface area contributed by atoms with E-state index in [-0.39, 0.29) is 23.1 Å². The Morgan fingerprint density at radius 2 is 2.00 bits per heavy atom. The second-order valence-corrected chi connectivity index (χ2v) is 11.8. The molecule has 1 unspecified atom stereocenters. The second kappa shape index (κ2) is 11.9. The van der Waals surface area contributed by atoms with Crippen LogP contribution in [0.2, 0.25) is 0 Å². The molecule has 7 nitrogen and oxygen atoms in total. The number of aromatic nitrogens is 1. The second-order valence-electron chi connectivity index (χ2n) is 9.74. The standard InChI is InChI=1S/C28H30F4N4O3S/c1-35-13-11-19(23(29)17-35)16-34-24-7-4-8-26-22(24)14-20(36(26)18-28(30,31)32)6-5-12-33-25-10-9-21(40(3,37)38)15-27(25)39-2/h4,7-10,14-16,19,23,33H,11-13,17-18H2,1-3H3/t19?,23-/m0/s1. The average Bonchev–Trinajstić information content (AvgIpc) is 3.21. The Kier molecular flexibility index (Phi) is 8.75. The molecule has 1 aromatic heterocycles. The number of likely N-dealkylation sites (tertiary alicyclic amines) is 1. The van der Waals surface area contributed by atoms with E-state index in [1.54, 1.807) is 30.5 Å². The largest absolute Gasteiger partial charge is 0.495 e. The monoisotopic (exact) mass is 578 g/mol. The smallest absolute Gasteiger partial charge is 0.406 e. The van der Waals surface area contributed by atoms with Crippen LogP contribution in [0.25, 0.3) is 10.9 Å². The summed E-state index contributed by atoms with van der Waals surface area (Å²) < 4.78 is 84.9. The van der Waals surface area contributed by atoms with Crippen LogP contribution in [0.5, 0.6) is 5.75 Å². The highest BCUT2D eigenvalue weighted by atomic mass is 32.2. The highest BCUT2D eigenvalue weighted by molar-refractivity contribution is 7.90. The van der Waals surface area contributed by atoms with Crippen LogP contribution >= 0.6 is 0 Å². The molecule has 214 valence electrons. The molecule has 0 saturated carbocycles. The number of piperidine rings is 1. The third kappa shape index (κ3) is 7.14. The fraction of sp³-hybridized carbons (Fsp3) is 0.393. The number of aliphatic imine (C=N–C) groups is 1. The Morgan fingerprint density at radius 3 is 2.67 bits per heavy atom. The Labute approximate surface area is 230 Å². The molecule has 1 aliphatic heterocycles. The Balaban J connectivity index is 1.61. The number of methoxy groups -OCH3 is 1. The number of sulfone groups is 1. The van der Waals surface area contributed by atoms with Gasteiger partial charge < -0.3 is 19.5 Å². The van der Waals surface area contributed by atoms with E-state index in [1.165, 1.54) is 25.3 Å². The minimum atomic E-state index is -4.48. The lowest BCUT2D eigenvalue weighted by atomic mass is 9.96. The average molecular weight is 579 g/mol. The van der Waals surface area contributed by atoms with E-state index in [0.717, 1.165) is 17.4 Å². The maximum absolute atomic E-state index is 14.5. The summed E-state index contributed by atoms with van der Waals surface area (Å²) in [5, 5.41) is 3.49. The number of halogens is 4. The molecular formula is C28H30F4N4O3S. The Hall–Kier alpha value is -3.56. The van der Waals surface area contributed by atoms with Gasteiger partial charge in [-0.25, -0.2) is 12.8 Å². The zero-order valence-corrected chi connectivity index (χ0v) is 23.1. The van der Waals surface area contributed by atoms with Crippen LogP contribution in [0.1, 0.15) is 12.1 Å². The van der Waals surface area contributed by atoms with Crippen molar-refractivity contribution in [1.29, 1.82) is 0 Å². The molecule has 1 aliphatic rings. The van der Waals surface area contributed by atoms with Crippen molar-refractivity contribution < 1.29 is 30.7 Å². The van der Waals surface area contributed by atoms with Gasteiger partial charge in [0.15, 0.2) is 9.84 Å². The molecule has 2 aromatic carbocycles. The zero-order chi connectivity index (χ0) is 29.1. The summed E-state index contributed by atoms with van der Waals surface area (Å²) in [5.41, 5.74) is 1.40. The van der Waals surface area contributed by atoms with Crippen molar-refractivity contribution in [3.8, 4) is 17.6 Å². The first kappa shape index (κ1) is 29.4. The summed E-state index contributed by atoms with van der Waals surface area (Å²) in [6, 6.07) is 10.8. The third-order valence-electron chi connectivity index (χ3n) is 6.64. The van der Waals surface area contributed by atoms with Crippen molar-refractivity contribution in [2.24, 2.45) is 10.9 Å². The predicted molar refractivity (Wildman–Crippen MR) is 148 cm³/mol. The van der Waals surface area contributed by atoms with Crippen molar-refractivity contribution in [3.63, 3.8) is 0 Å². The summed E-state index contributed by atoms with van der Waals surface area (Å²) in [7, 11) is -0.175. The van der Waals surface area contributed by atoms with Crippen LogP contribution in [0.3, 0.4) is 0 Å². The van der Waals surface area contributed by atoms with Gasteiger partial charge in [0.05, 0.1) is 41.1 Å². The lowest BCUT2D eigenvalue weighted by molar-refractivity contribution is -0.140. The lowest BCUT2D eigenvalue weighted by Crippen LogP contribution is -2.39. The topological polar surface area (TPSA) is 75.9 Å². The molecule has 40 heavy (non-hydrogen) atoms. The van der Waals surface area contributed by atoms with Gasteiger partial charge in [0.1, 0.15) is 18.5 Å². The van der Waals surface area contributed by atoms with E-state index in [0.29, 0.717) is 41.0 Å². The highest BCUT2D eigenvalue weighted by Gasteiger charge is 2.30. The van der Waals surface area contributed by atoms with E-state index in [1.807, 2.05) is 11.9 Å². The first-order valence-corrected chi connectivity index (χ1v) is 14.4. The van der Waals surface area contributed by atoms with Gasteiger partial charge in [-0.3, -0.25) is 4.99 Å². The van der Waals surface area contributed by atoms with Crippen molar-refractivity contribution in [2.45, 2.75) is 30.2 Å². The first-order chi connectivity index (χ1) is 18.9. The minimum Gasteiger partial charge on any atom is -0.495 e. The number of rotatable bonds is 7. The number of benzene rings is 2. The predicted octanol–water partition coefficient (Wildman–Crippen LogP) is 5.07. The van der Waals surface area contributed by atoms with Gasteiger partial charge >= 0.3 is 6.18 Å². The van der Waals surface area contributed by atoms with Crippen molar-refractivity contribution in [1.82, 2.24) is 9.47 Å². The highest BCUT2D eigenvalue weighted by Crippen LogP contribution is 2.32. The van der Waals surface area contributed by atoms with E-state index in [4.69, 9.17) is 4.74 Å². The van der Waals surface area contributed by atoms with Gasteiger partial charge in [-0.1, -0.05) is 12.0 Å². The number of anilines is 1. The number of fused-ring (bicyclic) bond motifs is 1. The molecule has 2 atom stereocenters. The van der Waals surface area contributed by atoms with E-state index >= 15 is 0 Å². The summed E-state index contributed by atoms with van der Waals surface area (Å²) in [5.74, 6) is 5.57. The van der Waals surface area contributed by atoms with E-state index in [2.05, 4.69) is 22.2 Å². The molecule has 2 heterocycles. The van der Waals surface area contributed by atoms with Crippen LogP contribution in [-0.2, 0) is 16.4 Å². The van der Waals surface area contributed by atoms with Gasteiger partial charge in [-0.15, -0.1) is 0 Å². The van der Waals surface area contributed by atoms with Crippen LogP contribution in [-0.4, -0.2) is 76.5 Å². The Bertz CT molecular complexity index is 1570. The van der Waals surface area contributed by atoms with Crippen LogP contribution in [0.15, 0.2) is 52.4 Å². The van der Waals surface area contributed by atoms with Crippen LogP contribution < -0.4 is 10.1 Å². The van der Waals surface area contributed by atoms with Crippen LogP contribution in [0.4, 0.5) is 28.9 Å². The fourth-order valence-corrected chi connectivity index (χ4v) is 5.21. The van der Waals surface area contributed by atoms with Gasteiger partial charge in [0, 0.05) is 36.4 Å². The van der Waals surface area contributed by atoms with E-state index < -0.39 is 28.7 Å². The normalized spacial score (nSPS) is 18.6. The van der Waals surface area contributed by atoms with Crippen molar-refractivity contribution in [2.75, 3.05) is 45.4 Å². The maximum Gasteiger partial charge on any atom is 0.406 e. The van der Waals surface area contributed by atoms with E-state index in [9.17, 15) is 26.0 Å². The molecular weight excluding hydrogens is 548 g/mol. The third-order valence-corrected chi connectivity index (χ3v) is 7.76. The maximum atomic E-state index is 14.5. The SMILES string of the molecule is COc1cc(S(C)(=O)=O)ccc1NCC#Cc1cc2c(N=CC3CCN(C)C[C@@H]3F)cccc2n1CC(F)(F)F. The van der Waals surface area contributed by atoms with Crippen LogP contribution in [0, 0.1) is 17.8 Å². The molecule has 3 aromatic rings. The number of hydrogen-bond acceptors (Lipinski definition) is 6. The number of nitrogens with one attached hydrogen (secondary N) is 1. The summed E-state index contributed by atoms with van der Waals surface area (Å²) in [6.07, 6.45) is -2.29. The number of ether oxygens (including phenoxy) is 1. The number of hydrogen-bond donors (Lipinski definition) is 1. The molecule has 12 heteroatoms. The summed E-state index contributed by atoms with van der Waals surface area (Å²) >= 11 is 0. The van der Waals surface area contributed by atoms with Crippen molar-refractivity contribution >= 4 is 38.3 Å². The first-order valence-electron chi connectivity index (χ1n) is 12.5. The molecule has 0 aliphatic carbocycles. The fourth-order valence-electron chi connectivity index (χ4n) is 4.58. The van der Waals surface area contributed by atoms with Gasteiger partial charge in [-0.05, 0) is 56.3 Å². The quantitative estimate of drug-likeness (QED) is 0.241. The molecule has 1 N–H and O–H groups in total. The molecule has 1 saturated heterocycles. The van der Waals surface area contributed by atoms with Gasteiger partial charge in [0.2, 0.25) is 0 Å². The summed E-state index contributed by atoms with van der Waals surface area (Å²) in [4.78, 5) is 6.47. The minimum absolute atomic E-state index is 0.0567.